The Morgan fingerprint density at radius 2 is 2.05 bits per heavy atom. The molecule has 114 valence electrons. The van der Waals surface area contributed by atoms with E-state index in [1.54, 1.807) is 18.3 Å². The molecular formula is C16H17N3O3. The van der Waals surface area contributed by atoms with Crippen molar-refractivity contribution in [3.63, 3.8) is 0 Å². The summed E-state index contributed by atoms with van der Waals surface area (Å²) in [4.78, 5) is 30.5. The van der Waals surface area contributed by atoms with Crippen LogP contribution in [0.2, 0.25) is 0 Å². The number of imidazole rings is 1. The number of rotatable bonds is 4. The third-order valence-corrected chi connectivity index (χ3v) is 4.11. The van der Waals surface area contributed by atoms with Gasteiger partial charge in [-0.1, -0.05) is 13.8 Å². The molecule has 0 spiro atoms. The van der Waals surface area contributed by atoms with E-state index in [2.05, 4.69) is 23.8 Å². The van der Waals surface area contributed by atoms with Crippen LogP contribution >= 0.6 is 0 Å². The van der Waals surface area contributed by atoms with Crippen molar-refractivity contribution in [2.24, 2.45) is 0 Å². The van der Waals surface area contributed by atoms with E-state index in [0.717, 1.165) is 24.2 Å². The number of carbonyl (C=O) groups is 1. The van der Waals surface area contributed by atoms with Gasteiger partial charge in [0, 0.05) is 5.92 Å². The van der Waals surface area contributed by atoms with Crippen molar-refractivity contribution in [1.82, 2.24) is 14.4 Å². The van der Waals surface area contributed by atoms with Crippen LogP contribution in [-0.2, 0) is 0 Å². The lowest BCUT2D eigenvalue weighted by Crippen LogP contribution is -2.13. The van der Waals surface area contributed by atoms with Crippen molar-refractivity contribution in [1.29, 1.82) is 0 Å². The number of carboxylic acids is 1. The van der Waals surface area contributed by atoms with Gasteiger partial charge < -0.3 is 10.1 Å². The maximum atomic E-state index is 12.2. The fourth-order valence-corrected chi connectivity index (χ4v) is 2.87. The van der Waals surface area contributed by atoms with Crippen molar-refractivity contribution in [2.75, 3.05) is 0 Å². The van der Waals surface area contributed by atoms with E-state index < -0.39 is 5.97 Å². The number of carboxylic acid groups (broad SMARTS) is 1. The van der Waals surface area contributed by atoms with Crippen LogP contribution in [-0.4, -0.2) is 25.4 Å². The highest BCUT2D eigenvalue weighted by atomic mass is 16.4. The summed E-state index contributed by atoms with van der Waals surface area (Å²) in [6.07, 6.45) is 3.44. The Hall–Kier alpha value is -2.63. The van der Waals surface area contributed by atoms with Crippen molar-refractivity contribution in [3.8, 4) is 0 Å². The molecule has 0 bridgehead atoms. The third-order valence-electron chi connectivity index (χ3n) is 4.11. The number of fused-ring (bicyclic) bond motifs is 3. The minimum absolute atomic E-state index is 0.145. The maximum absolute atomic E-state index is 12.2. The Morgan fingerprint density at radius 3 is 2.68 bits per heavy atom. The van der Waals surface area contributed by atoms with Crippen LogP contribution in [0.5, 0.6) is 0 Å². The molecule has 6 heteroatoms. The summed E-state index contributed by atoms with van der Waals surface area (Å²) in [5.41, 5.74) is 1.63. The standard InChI is InChI=1S/C16H17N3O3/c1-3-9(4-2)14-17-8-13-15(20)18-11-7-10(16(21)22)5-6-12(11)19(13)14/h5-9H,3-4H2,1-2H3,(H,18,20)(H,21,22). The second kappa shape index (κ2) is 5.29. The summed E-state index contributed by atoms with van der Waals surface area (Å²) in [7, 11) is 0. The van der Waals surface area contributed by atoms with Gasteiger partial charge in [0.1, 0.15) is 11.3 Å². The molecule has 0 aliphatic heterocycles. The summed E-state index contributed by atoms with van der Waals surface area (Å²) in [5, 5.41) is 9.09. The molecule has 0 radical (unpaired) electrons. The largest absolute Gasteiger partial charge is 0.478 e. The highest BCUT2D eigenvalue weighted by molar-refractivity contribution is 5.92. The van der Waals surface area contributed by atoms with Crippen molar-refractivity contribution in [3.05, 3.63) is 46.1 Å². The minimum Gasteiger partial charge on any atom is -0.478 e. The molecule has 6 nitrogen and oxygen atoms in total. The van der Waals surface area contributed by atoms with Gasteiger partial charge in [-0.3, -0.25) is 9.20 Å². The normalized spacial score (nSPS) is 11.6. The van der Waals surface area contributed by atoms with Crippen LogP contribution in [0, 0.1) is 0 Å². The predicted molar refractivity (Wildman–Crippen MR) is 83.6 cm³/mol. The van der Waals surface area contributed by atoms with Gasteiger partial charge in [-0.05, 0) is 31.0 Å². The quantitative estimate of drug-likeness (QED) is 0.775. The zero-order valence-corrected chi connectivity index (χ0v) is 12.5. The van der Waals surface area contributed by atoms with Crippen molar-refractivity contribution >= 4 is 22.5 Å². The molecule has 3 aromatic rings. The fraction of sp³-hybridized carbons (Fsp3) is 0.312. The van der Waals surface area contributed by atoms with Crippen LogP contribution in [0.1, 0.15) is 48.8 Å². The molecule has 2 N–H and O–H groups in total. The molecule has 1 aromatic carbocycles. The van der Waals surface area contributed by atoms with Crippen molar-refractivity contribution < 1.29 is 9.90 Å². The fourth-order valence-electron chi connectivity index (χ4n) is 2.87. The van der Waals surface area contributed by atoms with Crippen LogP contribution in [0.15, 0.2) is 29.2 Å². The first-order valence-corrected chi connectivity index (χ1v) is 7.33. The molecule has 0 saturated carbocycles. The number of nitrogens with zero attached hydrogens (tertiary/aromatic N) is 2. The van der Waals surface area contributed by atoms with E-state index >= 15 is 0 Å². The first kappa shape index (κ1) is 14.3. The second-order valence-corrected chi connectivity index (χ2v) is 5.34. The number of aromatic nitrogens is 3. The molecule has 3 rings (SSSR count). The van der Waals surface area contributed by atoms with Crippen LogP contribution in [0.25, 0.3) is 16.6 Å². The molecule has 0 fully saturated rings. The topological polar surface area (TPSA) is 87.5 Å². The number of nitrogens with one attached hydrogen (secondary N) is 1. The van der Waals surface area contributed by atoms with E-state index in [4.69, 9.17) is 5.11 Å². The Balaban J connectivity index is 2.40. The number of benzene rings is 1. The average molecular weight is 299 g/mol. The van der Waals surface area contributed by atoms with Crippen LogP contribution in [0.3, 0.4) is 0 Å². The molecular weight excluding hydrogens is 282 g/mol. The Morgan fingerprint density at radius 1 is 1.32 bits per heavy atom. The highest BCUT2D eigenvalue weighted by Gasteiger charge is 2.17. The van der Waals surface area contributed by atoms with Gasteiger partial charge in [-0.25, -0.2) is 9.78 Å². The highest BCUT2D eigenvalue weighted by Crippen LogP contribution is 2.25. The zero-order chi connectivity index (χ0) is 15.9. The number of aromatic amines is 1. The van der Waals surface area contributed by atoms with Gasteiger partial charge >= 0.3 is 5.97 Å². The molecule has 2 aromatic heterocycles. The smallest absolute Gasteiger partial charge is 0.335 e. The minimum atomic E-state index is -1.02. The zero-order valence-electron chi connectivity index (χ0n) is 12.5. The first-order valence-electron chi connectivity index (χ1n) is 7.33. The number of hydrogen-bond donors (Lipinski definition) is 2. The van der Waals surface area contributed by atoms with E-state index in [0.29, 0.717) is 11.0 Å². The molecule has 0 unspecified atom stereocenters. The summed E-state index contributed by atoms with van der Waals surface area (Å²) in [5.74, 6) is 0.0829. The lowest BCUT2D eigenvalue weighted by atomic mass is 10.0. The second-order valence-electron chi connectivity index (χ2n) is 5.34. The summed E-state index contributed by atoms with van der Waals surface area (Å²) in [6, 6.07) is 4.74. The van der Waals surface area contributed by atoms with Gasteiger partial charge in [-0.15, -0.1) is 0 Å². The van der Waals surface area contributed by atoms with E-state index in [1.165, 1.54) is 6.07 Å². The Kier molecular flexibility index (Phi) is 3.44. The van der Waals surface area contributed by atoms with Gasteiger partial charge in [0.15, 0.2) is 0 Å². The van der Waals surface area contributed by atoms with Crippen LogP contribution in [0.4, 0.5) is 0 Å². The number of aromatic carboxylic acids is 1. The van der Waals surface area contributed by atoms with Gasteiger partial charge in [0.2, 0.25) is 0 Å². The average Bonchev–Trinajstić information content (AvgIpc) is 2.94. The first-order chi connectivity index (χ1) is 10.6. The van der Waals surface area contributed by atoms with Gasteiger partial charge in [0.05, 0.1) is 22.8 Å². The molecule has 2 heterocycles. The lowest BCUT2D eigenvalue weighted by Gasteiger charge is -2.13. The summed E-state index contributed by atoms with van der Waals surface area (Å²) >= 11 is 0. The predicted octanol–water partition coefficient (Wildman–Crippen LogP) is 2.78. The summed E-state index contributed by atoms with van der Waals surface area (Å²) in [6.45, 7) is 4.18. The number of hydrogen-bond acceptors (Lipinski definition) is 3. The van der Waals surface area contributed by atoms with Gasteiger partial charge in [-0.2, -0.15) is 0 Å². The van der Waals surface area contributed by atoms with Crippen LogP contribution < -0.4 is 5.56 Å². The summed E-state index contributed by atoms with van der Waals surface area (Å²) < 4.78 is 1.84. The molecule has 0 atom stereocenters. The van der Waals surface area contributed by atoms with E-state index in [1.807, 2.05) is 4.40 Å². The number of H-pyrrole nitrogens is 1. The Labute approximate surface area is 126 Å². The van der Waals surface area contributed by atoms with E-state index in [9.17, 15) is 9.59 Å². The van der Waals surface area contributed by atoms with Gasteiger partial charge in [0.25, 0.3) is 5.56 Å². The maximum Gasteiger partial charge on any atom is 0.335 e. The molecule has 0 amide bonds. The SMILES string of the molecule is CCC(CC)c1ncc2c(=O)[nH]c3cc(C(=O)O)ccc3n12. The monoisotopic (exact) mass is 299 g/mol. The molecule has 0 aliphatic rings. The van der Waals surface area contributed by atoms with E-state index in [-0.39, 0.29) is 17.0 Å². The molecule has 0 aliphatic carbocycles. The van der Waals surface area contributed by atoms with Crippen molar-refractivity contribution in [2.45, 2.75) is 32.6 Å². The lowest BCUT2D eigenvalue weighted by molar-refractivity contribution is 0.0697. The Bertz CT molecular complexity index is 919. The molecule has 22 heavy (non-hydrogen) atoms. The third kappa shape index (κ3) is 2.07. The molecule has 0 saturated heterocycles.